The number of para-hydroxylation sites is 2. The number of thiazole rings is 1. The van der Waals surface area contributed by atoms with Crippen LogP contribution in [0.3, 0.4) is 0 Å². The summed E-state index contributed by atoms with van der Waals surface area (Å²) in [5.41, 5.74) is 1.61. The van der Waals surface area contributed by atoms with Gasteiger partial charge in [-0.15, -0.1) is 0 Å². The van der Waals surface area contributed by atoms with E-state index in [-0.39, 0.29) is 18.2 Å². The number of aromatic nitrogens is 1. The molecule has 0 saturated carbocycles. The molecule has 0 bridgehead atoms. The fraction of sp³-hybridized carbons (Fsp3) is 0.423. The Bertz CT molecular complexity index is 1130. The normalized spacial score (nSPS) is 15.9. The van der Waals surface area contributed by atoms with Gasteiger partial charge in [-0.05, 0) is 44.3 Å². The highest BCUT2D eigenvalue weighted by atomic mass is 32.1. The van der Waals surface area contributed by atoms with Crippen LogP contribution >= 0.6 is 11.3 Å². The van der Waals surface area contributed by atoms with Crippen LogP contribution in [0.15, 0.2) is 48.5 Å². The molecule has 0 spiro atoms. The quantitative estimate of drug-likeness (QED) is 0.430. The Morgan fingerprint density at radius 2 is 1.85 bits per heavy atom. The lowest BCUT2D eigenvalue weighted by atomic mass is 10.1. The molecule has 4 rings (SSSR count). The summed E-state index contributed by atoms with van der Waals surface area (Å²) in [7, 11) is 0. The van der Waals surface area contributed by atoms with Gasteiger partial charge in [0.2, 0.25) is 11.8 Å². The lowest BCUT2D eigenvalue weighted by Gasteiger charge is -2.26. The van der Waals surface area contributed by atoms with Crippen molar-refractivity contribution < 1.29 is 14.3 Å². The number of carbonyl (C=O) groups excluding carboxylic acids is 2. The standard InChI is InChI=1S/C26H32N4O3S/c1-4-28(5-2)15-16-29(26-27-24-21(33-6-3)13-10-14-22(24)34-26)25(32)19-17-23(31)30(18-19)20-11-8-7-9-12-20/h7-14,19H,4-6,15-18H2,1-3H3. The van der Waals surface area contributed by atoms with Crippen LogP contribution < -0.4 is 14.5 Å². The van der Waals surface area contributed by atoms with Gasteiger partial charge in [0.05, 0.1) is 17.2 Å². The van der Waals surface area contributed by atoms with Crippen LogP contribution in [0.4, 0.5) is 10.8 Å². The van der Waals surface area contributed by atoms with Gasteiger partial charge < -0.3 is 14.5 Å². The third-order valence-electron chi connectivity index (χ3n) is 6.24. The first-order valence-electron chi connectivity index (χ1n) is 12.0. The Morgan fingerprint density at radius 1 is 1.09 bits per heavy atom. The number of nitrogens with zero attached hydrogens (tertiary/aromatic N) is 4. The second kappa shape index (κ2) is 11.0. The van der Waals surface area contributed by atoms with Crippen LogP contribution in [0.25, 0.3) is 10.2 Å². The number of anilines is 2. The molecule has 1 saturated heterocycles. The van der Waals surface area contributed by atoms with Gasteiger partial charge in [-0.2, -0.15) is 0 Å². The molecule has 0 aliphatic carbocycles. The lowest BCUT2D eigenvalue weighted by molar-refractivity contribution is -0.124. The zero-order valence-corrected chi connectivity index (χ0v) is 20.9. The van der Waals surface area contributed by atoms with E-state index >= 15 is 0 Å². The molecule has 1 aliphatic heterocycles. The summed E-state index contributed by atoms with van der Waals surface area (Å²) in [6.45, 7) is 10.2. The maximum atomic E-state index is 13.8. The molecule has 2 amide bonds. The Hall–Kier alpha value is -2.97. The Balaban J connectivity index is 1.62. The number of carbonyl (C=O) groups is 2. The topological polar surface area (TPSA) is 66.0 Å². The van der Waals surface area contributed by atoms with Crippen molar-refractivity contribution in [1.82, 2.24) is 9.88 Å². The Kier molecular flexibility index (Phi) is 7.80. The minimum absolute atomic E-state index is 0.0174. The van der Waals surface area contributed by atoms with Gasteiger partial charge in [-0.25, -0.2) is 4.98 Å². The summed E-state index contributed by atoms with van der Waals surface area (Å²) in [5, 5.41) is 0.657. The van der Waals surface area contributed by atoms with E-state index in [4.69, 9.17) is 9.72 Å². The molecule has 2 aromatic carbocycles. The van der Waals surface area contributed by atoms with Crippen molar-refractivity contribution in [3.63, 3.8) is 0 Å². The zero-order chi connectivity index (χ0) is 24.1. The number of amides is 2. The predicted molar refractivity (Wildman–Crippen MR) is 138 cm³/mol. The maximum absolute atomic E-state index is 13.8. The van der Waals surface area contributed by atoms with Crippen LogP contribution in [0.5, 0.6) is 5.75 Å². The van der Waals surface area contributed by atoms with Gasteiger partial charge in [0.25, 0.3) is 0 Å². The highest BCUT2D eigenvalue weighted by molar-refractivity contribution is 7.22. The van der Waals surface area contributed by atoms with E-state index in [1.165, 1.54) is 11.3 Å². The number of hydrogen-bond acceptors (Lipinski definition) is 6. The molecule has 0 radical (unpaired) electrons. The fourth-order valence-electron chi connectivity index (χ4n) is 4.33. The van der Waals surface area contributed by atoms with Crippen LogP contribution in [-0.2, 0) is 9.59 Å². The monoisotopic (exact) mass is 480 g/mol. The number of fused-ring (bicyclic) bond motifs is 1. The molecule has 1 unspecified atom stereocenters. The van der Waals surface area contributed by atoms with Gasteiger partial charge in [-0.3, -0.25) is 14.5 Å². The SMILES string of the molecule is CCOc1cccc2sc(N(CCN(CC)CC)C(=O)C3CC(=O)N(c4ccccc4)C3)nc12. The summed E-state index contributed by atoms with van der Waals surface area (Å²) in [6.07, 6.45) is 0.213. The van der Waals surface area contributed by atoms with Crippen LogP contribution in [0.1, 0.15) is 27.2 Å². The summed E-state index contributed by atoms with van der Waals surface area (Å²) < 4.78 is 6.75. The van der Waals surface area contributed by atoms with E-state index in [0.29, 0.717) is 24.8 Å². The summed E-state index contributed by atoms with van der Waals surface area (Å²) in [5.74, 6) is 0.264. The highest BCUT2D eigenvalue weighted by Crippen LogP contribution is 2.36. The summed E-state index contributed by atoms with van der Waals surface area (Å²) >= 11 is 1.49. The van der Waals surface area contributed by atoms with Gasteiger partial charge in [-0.1, -0.05) is 49.4 Å². The van der Waals surface area contributed by atoms with Gasteiger partial charge in [0.1, 0.15) is 11.3 Å². The zero-order valence-electron chi connectivity index (χ0n) is 20.1. The molecule has 1 atom stereocenters. The second-order valence-corrected chi connectivity index (χ2v) is 9.30. The largest absolute Gasteiger partial charge is 0.492 e. The first-order valence-corrected chi connectivity index (χ1v) is 12.8. The number of benzene rings is 2. The predicted octanol–water partition coefficient (Wildman–Crippen LogP) is 4.42. The fourth-order valence-corrected chi connectivity index (χ4v) is 5.35. The number of likely N-dealkylation sites (N-methyl/N-ethyl adjacent to an activating group) is 1. The molecule has 7 nitrogen and oxygen atoms in total. The average Bonchev–Trinajstić information content (AvgIpc) is 3.46. The summed E-state index contributed by atoms with van der Waals surface area (Å²) in [4.78, 5) is 37.2. The number of hydrogen-bond donors (Lipinski definition) is 0. The molecule has 0 N–H and O–H groups in total. The van der Waals surface area contributed by atoms with E-state index in [0.717, 1.165) is 41.3 Å². The summed E-state index contributed by atoms with van der Waals surface area (Å²) in [6, 6.07) is 15.4. The van der Waals surface area contributed by atoms with Crippen LogP contribution in [0, 0.1) is 5.92 Å². The molecule has 1 aliphatic rings. The first kappa shape index (κ1) is 24.2. The lowest BCUT2D eigenvalue weighted by Crippen LogP contribution is -2.42. The van der Waals surface area contributed by atoms with Crippen molar-refractivity contribution in [2.45, 2.75) is 27.2 Å². The van der Waals surface area contributed by atoms with E-state index in [1.807, 2.05) is 55.5 Å². The number of ether oxygens (including phenoxy) is 1. The Labute approximate surface area is 204 Å². The van der Waals surface area contributed by atoms with Crippen molar-refractivity contribution in [2.24, 2.45) is 5.92 Å². The van der Waals surface area contributed by atoms with Crippen LogP contribution in [0.2, 0.25) is 0 Å². The molecular formula is C26H32N4O3S. The van der Waals surface area contributed by atoms with Crippen molar-refractivity contribution in [2.75, 3.05) is 49.1 Å². The molecular weight excluding hydrogens is 448 g/mol. The van der Waals surface area contributed by atoms with Crippen LogP contribution in [-0.4, -0.2) is 61.0 Å². The number of rotatable bonds is 10. The molecule has 34 heavy (non-hydrogen) atoms. The van der Waals surface area contributed by atoms with E-state index in [2.05, 4.69) is 18.7 Å². The van der Waals surface area contributed by atoms with Gasteiger partial charge >= 0.3 is 0 Å². The molecule has 3 aromatic rings. The van der Waals surface area contributed by atoms with E-state index in [1.54, 1.807) is 9.80 Å². The molecule has 1 fully saturated rings. The van der Waals surface area contributed by atoms with E-state index in [9.17, 15) is 9.59 Å². The molecule has 2 heterocycles. The minimum Gasteiger partial charge on any atom is -0.492 e. The van der Waals surface area contributed by atoms with Gasteiger partial charge in [0.15, 0.2) is 5.13 Å². The average molecular weight is 481 g/mol. The van der Waals surface area contributed by atoms with E-state index < -0.39 is 5.92 Å². The molecule has 180 valence electrons. The maximum Gasteiger partial charge on any atom is 0.234 e. The third kappa shape index (κ3) is 5.08. The minimum atomic E-state index is -0.400. The molecule has 8 heteroatoms. The Morgan fingerprint density at radius 3 is 2.56 bits per heavy atom. The highest BCUT2D eigenvalue weighted by Gasteiger charge is 2.38. The molecule has 1 aromatic heterocycles. The second-order valence-electron chi connectivity index (χ2n) is 8.29. The van der Waals surface area contributed by atoms with Crippen molar-refractivity contribution >= 4 is 44.2 Å². The first-order chi connectivity index (χ1) is 16.5. The van der Waals surface area contributed by atoms with Crippen molar-refractivity contribution in [3.05, 3.63) is 48.5 Å². The van der Waals surface area contributed by atoms with Crippen molar-refractivity contribution in [1.29, 1.82) is 0 Å². The smallest absolute Gasteiger partial charge is 0.234 e. The van der Waals surface area contributed by atoms with Crippen molar-refractivity contribution in [3.8, 4) is 5.75 Å². The third-order valence-corrected chi connectivity index (χ3v) is 7.29. The van der Waals surface area contributed by atoms with Gasteiger partial charge in [0, 0.05) is 31.7 Å².